The molecule has 0 radical (unpaired) electrons. The lowest BCUT2D eigenvalue weighted by molar-refractivity contribution is -0.115. The molecule has 0 spiro atoms. The van der Waals surface area contributed by atoms with Crippen LogP contribution in [-0.4, -0.2) is 16.9 Å². The molecule has 3 amide bonds. The lowest BCUT2D eigenvalue weighted by Crippen LogP contribution is -2.19. The highest BCUT2D eigenvalue weighted by Crippen LogP contribution is 2.19. The molecule has 0 bridgehead atoms. The second kappa shape index (κ2) is 9.54. The predicted octanol–water partition coefficient (Wildman–Crippen LogP) is 5.75. The number of anilines is 3. The SMILES string of the molecule is CC(C)c1ccc(NC(=O)Cc2csc(NC(=O)Nc3ccc(Cl)cc3)n2)cc1. The number of nitrogens with zero attached hydrogens (tertiary/aromatic N) is 1. The lowest BCUT2D eigenvalue weighted by Gasteiger charge is -2.08. The third-order valence-electron chi connectivity index (χ3n) is 4.08. The number of rotatable bonds is 6. The fourth-order valence-corrected chi connectivity index (χ4v) is 3.39. The number of hydrogen-bond acceptors (Lipinski definition) is 4. The van der Waals surface area contributed by atoms with Crippen LogP contribution < -0.4 is 16.0 Å². The van der Waals surface area contributed by atoms with Gasteiger partial charge in [0.2, 0.25) is 5.91 Å². The molecule has 0 aliphatic carbocycles. The number of aromatic nitrogens is 1. The van der Waals surface area contributed by atoms with E-state index in [1.54, 1.807) is 29.6 Å². The number of nitrogens with one attached hydrogen (secondary N) is 3. The normalized spacial score (nSPS) is 10.6. The van der Waals surface area contributed by atoms with Crippen molar-refractivity contribution in [1.29, 1.82) is 0 Å². The van der Waals surface area contributed by atoms with Crippen LogP contribution in [0.15, 0.2) is 53.9 Å². The second-order valence-electron chi connectivity index (χ2n) is 6.73. The molecular weight excluding hydrogens is 408 g/mol. The Kier molecular flexibility index (Phi) is 6.85. The van der Waals surface area contributed by atoms with E-state index in [9.17, 15) is 9.59 Å². The van der Waals surface area contributed by atoms with Gasteiger partial charge in [0, 0.05) is 21.8 Å². The summed E-state index contributed by atoms with van der Waals surface area (Å²) in [5.41, 5.74) is 3.17. The monoisotopic (exact) mass is 428 g/mol. The molecule has 0 saturated heterocycles. The first-order valence-corrected chi connectivity index (χ1v) is 10.3. The first-order chi connectivity index (χ1) is 13.9. The van der Waals surface area contributed by atoms with Crippen LogP contribution in [0.3, 0.4) is 0 Å². The number of benzene rings is 2. The van der Waals surface area contributed by atoms with Crippen LogP contribution in [-0.2, 0) is 11.2 Å². The Morgan fingerprint density at radius 2 is 1.59 bits per heavy atom. The lowest BCUT2D eigenvalue weighted by atomic mass is 10.0. The van der Waals surface area contributed by atoms with Gasteiger partial charge in [-0.1, -0.05) is 37.6 Å². The van der Waals surface area contributed by atoms with Crippen molar-refractivity contribution in [1.82, 2.24) is 4.98 Å². The van der Waals surface area contributed by atoms with E-state index in [-0.39, 0.29) is 12.3 Å². The van der Waals surface area contributed by atoms with E-state index < -0.39 is 6.03 Å². The maximum absolute atomic E-state index is 12.2. The number of halogens is 1. The van der Waals surface area contributed by atoms with Crippen LogP contribution in [0.4, 0.5) is 21.3 Å². The van der Waals surface area contributed by atoms with Crippen LogP contribution in [0.1, 0.15) is 31.0 Å². The highest BCUT2D eigenvalue weighted by atomic mass is 35.5. The Labute approximate surface area is 178 Å². The molecule has 0 aliphatic heterocycles. The third kappa shape index (κ3) is 6.30. The topological polar surface area (TPSA) is 83.1 Å². The molecule has 1 heterocycles. The Hall–Kier alpha value is -2.90. The highest BCUT2D eigenvalue weighted by Gasteiger charge is 2.11. The number of thiazole rings is 1. The van der Waals surface area contributed by atoms with E-state index in [1.807, 2.05) is 24.3 Å². The van der Waals surface area contributed by atoms with E-state index in [1.165, 1.54) is 16.9 Å². The van der Waals surface area contributed by atoms with Crippen LogP contribution in [0, 0.1) is 0 Å². The molecule has 0 aliphatic rings. The summed E-state index contributed by atoms with van der Waals surface area (Å²) in [6.45, 7) is 4.24. The molecule has 1 aromatic heterocycles. The largest absolute Gasteiger partial charge is 0.326 e. The fourth-order valence-electron chi connectivity index (χ4n) is 2.56. The third-order valence-corrected chi connectivity index (χ3v) is 5.14. The predicted molar refractivity (Wildman–Crippen MR) is 119 cm³/mol. The Bertz CT molecular complexity index is 985. The second-order valence-corrected chi connectivity index (χ2v) is 8.03. The molecule has 2 aromatic carbocycles. The van der Waals surface area contributed by atoms with Crippen LogP contribution in [0.25, 0.3) is 0 Å². The van der Waals surface area contributed by atoms with Crippen LogP contribution in [0.2, 0.25) is 5.02 Å². The van der Waals surface area contributed by atoms with Gasteiger partial charge >= 0.3 is 6.03 Å². The van der Waals surface area contributed by atoms with Crippen molar-refractivity contribution in [3.8, 4) is 0 Å². The Balaban J connectivity index is 1.50. The van der Waals surface area contributed by atoms with Crippen LogP contribution in [0.5, 0.6) is 0 Å². The minimum Gasteiger partial charge on any atom is -0.326 e. The molecule has 0 unspecified atom stereocenters. The number of hydrogen-bond donors (Lipinski definition) is 3. The average molecular weight is 429 g/mol. The molecular formula is C21H21ClN4O2S. The summed E-state index contributed by atoms with van der Waals surface area (Å²) in [7, 11) is 0. The van der Waals surface area contributed by atoms with Crippen molar-refractivity contribution in [2.45, 2.75) is 26.2 Å². The molecule has 6 nitrogen and oxygen atoms in total. The molecule has 0 saturated carbocycles. The van der Waals surface area contributed by atoms with E-state index >= 15 is 0 Å². The number of urea groups is 1. The summed E-state index contributed by atoms with van der Waals surface area (Å²) >= 11 is 7.08. The molecule has 150 valence electrons. The first kappa shape index (κ1) is 20.8. The maximum Gasteiger partial charge on any atom is 0.325 e. The van der Waals surface area contributed by atoms with E-state index in [4.69, 9.17) is 11.6 Å². The van der Waals surface area contributed by atoms with Gasteiger partial charge in [0.1, 0.15) is 0 Å². The van der Waals surface area contributed by atoms with Crippen molar-refractivity contribution in [3.63, 3.8) is 0 Å². The summed E-state index contributed by atoms with van der Waals surface area (Å²) in [4.78, 5) is 28.6. The smallest absolute Gasteiger partial charge is 0.325 e. The van der Waals surface area contributed by atoms with Crippen LogP contribution >= 0.6 is 22.9 Å². The summed E-state index contributed by atoms with van der Waals surface area (Å²) in [5, 5.41) is 11.0. The number of amides is 3. The Morgan fingerprint density at radius 3 is 2.24 bits per heavy atom. The van der Waals surface area contributed by atoms with Crippen molar-refractivity contribution in [2.24, 2.45) is 0 Å². The molecule has 3 aromatic rings. The quantitative estimate of drug-likeness (QED) is 0.467. The van der Waals surface area contributed by atoms with E-state index in [0.29, 0.717) is 27.5 Å². The summed E-state index contributed by atoms with van der Waals surface area (Å²) < 4.78 is 0. The summed E-state index contributed by atoms with van der Waals surface area (Å²) in [6, 6.07) is 14.2. The van der Waals surface area contributed by atoms with Gasteiger partial charge in [-0.05, 0) is 47.9 Å². The highest BCUT2D eigenvalue weighted by molar-refractivity contribution is 7.14. The maximum atomic E-state index is 12.2. The molecule has 8 heteroatoms. The van der Waals surface area contributed by atoms with Gasteiger partial charge in [0.05, 0.1) is 12.1 Å². The van der Waals surface area contributed by atoms with Crippen molar-refractivity contribution in [2.75, 3.05) is 16.0 Å². The molecule has 29 heavy (non-hydrogen) atoms. The van der Waals surface area contributed by atoms with Gasteiger partial charge in [-0.15, -0.1) is 11.3 Å². The van der Waals surface area contributed by atoms with Crippen molar-refractivity contribution < 1.29 is 9.59 Å². The van der Waals surface area contributed by atoms with Gasteiger partial charge in [0.15, 0.2) is 5.13 Å². The molecule has 3 rings (SSSR count). The average Bonchev–Trinajstić information content (AvgIpc) is 3.10. The van der Waals surface area contributed by atoms with Crippen molar-refractivity contribution >= 4 is 51.4 Å². The van der Waals surface area contributed by atoms with E-state index in [0.717, 1.165) is 5.69 Å². The molecule has 3 N–H and O–H groups in total. The zero-order chi connectivity index (χ0) is 20.8. The minimum absolute atomic E-state index is 0.128. The summed E-state index contributed by atoms with van der Waals surface area (Å²) in [5.74, 6) is 0.280. The minimum atomic E-state index is -0.414. The van der Waals surface area contributed by atoms with Crippen molar-refractivity contribution in [3.05, 3.63) is 70.2 Å². The Morgan fingerprint density at radius 1 is 0.966 bits per heavy atom. The van der Waals surface area contributed by atoms with Gasteiger partial charge in [-0.2, -0.15) is 0 Å². The zero-order valence-corrected chi connectivity index (χ0v) is 17.6. The molecule has 0 fully saturated rings. The zero-order valence-electron chi connectivity index (χ0n) is 16.0. The van der Waals surface area contributed by atoms with Gasteiger partial charge in [-0.25, -0.2) is 9.78 Å². The van der Waals surface area contributed by atoms with Gasteiger partial charge in [-0.3, -0.25) is 10.1 Å². The first-order valence-electron chi connectivity index (χ1n) is 9.07. The number of carbonyl (C=O) groups is 2. The van der Waals surface area contributed by atoms with Gasteiger partial charge < -0.3 is 10.6 Å². The molecule has 0 atom stereocenters. The van der Waals surface area contributed by atoms with Gasteiger partial charge in [0.25, 0.3) is 0 Å². The fraction of sp³-hybridized carbons (Fsp3) is 0.190. The standard InChI is InChI=1S/C21H21ClN4O2S/c1-13(2)14-3-7-16(8-4-14)23-19(27)11-18-12-29-21(25-18)26-20(28)24-17-9-5-15(22)6-10-17/h3-10,12-13H,11H2,1-2H3,(H,23,27)(H2,24,25,26,28). The summed E-state index contributed by atoms with van der Waals surface area (Å²) in [6.07, 6.45) is 0.128. The van der Waals surface area contributed by atoms with E-state index in [2.05, 4.69) is 34.8 Å². The number of carbonyl (C=O) groups excluding carboxylic acids is 2.